The molecule has 0 saturated heterocycles. The molecule has 0 unspecified atom stereocenters. The molecule has 1 aliphatic heterocycles. The number of anilines is 1. The second-order valence-corrected chi connectivity index (χ2v) is 7.23. The fourth-order valence-corrected chi connectivity index (χ4v) is 3.83. The molecule has 4 rings (SSSR count). The molecule has 1 amide bonds. The molecule has 1 atom stereocenters. The first-order valence-electron chi connectivity index (χ1n) is 8.52. The average Bonchev–Trinajstić information content (AvgIpc) is 3.33. The molecule has 9 heteroatoms. The number of benzene rings is 2. The maximum Gasteiger partial charge on any atom is 0.324 e. The lowest BCUT2D eigenvalue weighted by atomic mass is 10.1. The Hall–Kier alpha value is -3.46. The van der Waals surface area contributed by atoms with Crippen LogP contribution in [0.4, 0.5) is 10.7 Å². The number of ether oxygens (including phenoxy) is 1. The van der Waals surface area contributed by atoms with Gasteiger partial charge in [0.1, 0.15) is 0 Å². The van der Waals surface area contributed by atoms with E-state index in [0.717, 1.165) is 27.8 Å². The molecular weight excluding hydrogens is 380 g/mol. The van der Waals surface area contributed by atoms with E-state index in [1.54, 1.807) is 6.07 Å². The van der Waals surface area contributed by atoms with Gasteiger partial charge in [-0.1, -0.05) is 47.7 Å². The van der Waals surface area contributed by atoms with Gasteiger partial charge in [0, 0.05) is 24.1 Å². The average molecular weight is 396 g/mol. The summed E-state index contributed by atoms with van der Waals surface area (Å²) in [5, 5.41) is 21.8. The lowest BCUT2D eigenvalue weighted by Gasteiger charge is -2.17. The van der Waals surface area contributed by atoms with Crippen LogP contribution in [0.25, 0.3) is 10.8 Å². The van der Waals surface area contributed by atoms with E-state index < -0.39 is 11.2 Å². The number of nitro groups is 1. The molecule has 28 heavy (non-hydrogen) atoms. The lowest BCUT2D eigenvalue weighted by molar-refractivity contribution is -0.380. The zero-order valence-corrected chi connectivity index (χ0v) is 15.7. The molecule has 0 fully saturated rings. The summed E-state index contributed by atoms with van der Waals surface area (Å²) in [4.78, 5) is 23.0. The van der Waals surface area contributed by atoms with Crippen molar-refractivity contribution in [3.05, 3.63) is 69.6 Å². The minimum atomic E-state index is -0.791. The van der Waals surface area contributed by atoms with E-state index in [2.05, 4.69) is 10.4 Å². The van der Waals surface area contributed by atoms with Crippen LogP contribution in [0.2, 0.25) is 0 Å². The van der Waals surface area contributed by atoms with Crippen molar-refractivity contribution in [1.29, 1.82) is 0 Å². The third-order valence-electron chi connectivity index (χ3n) is 4.27. The van der Waals surface area contributed by atoms with Crippen LogP contribution < -0.4 is 5.32 Å². The van der Waals surface area contributed by atoms with Crippen LogP contribution in [0, 0.1) is 10.1 Å². The number of hydrazone groups is 1. The molecule has 2 heterocycles. The van der Waals surface area contributed by atoms with Gasteiger partial charge in [-0.15, -0.1) is 5.10 Å². The Balaban J connectivity index is 1.52. The third-order valence-corrected chi connectivity index (χ3v) is 5.34. The molecule has 1 N–H and O–H groups in total. The fourth-order valence-electron chi connectivity index (χ4n) is 2.99. The molecule has 2 aromatic carbocycles. The van der Waals surface area contributed by atoms with Crippen LogP contribution in [0.1, 0.15) is 18.0 Å². The number of carbonyl (C=O) groups excluding carboxylic acids is 1. The SMILES string of the molecule is CC(=O)N1N=C(CNc2cccc3ccccc23)O[C@H]1c1ccc([N+](=O)[O-])s1. The molecule has 0 radical (unpaired) electrons. The van der Waals surface area contributed by atoms with Gasteiger partial charge >= 0.3 is 5.00 Å². The molecule has 0 spiro atoms. The van der Waals surface area contributed by atoms with Gasteiger partial charge in [-0.05, 0) is 17.5 Å². The summed E-state index contributed by atoms with van der Waals surface area (Å²) in [6.45, 7) is 1.66. The Morgan fingerprint density at radius 3 is 2.79 bits per heavy atom. The zero-order chi connectivity index (χ0) is 19.7. The van der Waals surface area contributed by atoms with Gasteiger partial charge < -0.3 is 10.1 Å². The van der Waals surface area contributed by atoms with Gasteiger partial charge in [-0.3, -0.25) is 14.9 Å². The highest BCUT2D eigenvalue weighted by Gasteiger charge is 2.34. The second-order valence-electron chi connectivity index (χ2n) is 6.14. The van der Waals surface area contributed by atoms with Crippen LogP contribution in [-0.4, -0.2) is 28.3 Å². The normalized spacial score (nSPS) is 16.0. The minimum absolute atomic E-state index is 0.00978. The van der Waals surface area contributed by atoms with Crippen LogP contribution >= 0.6 is 11.3 Å². The maximum absolute atomic E-state index is 12.0. The first-order valence-corrected chi connectivity index (χ1v) is 9.34. The van der Waals surface area contributed by atoms with Crippen LogP contribution in [0.5, 0.6) is 0 Å². The Bertz CT molecular complexity index is 1090. The van der Waals surface area contributed by atoms with E-state index in [0.29, 0.717) is 10.8 Å². The van der Waals surface area contributed by atoms with Gasteiger partial charge in [-0.2, -0.15) is 5.01 Å². The first kappa shape index (κ1) is 17.9. The molecule has 142 valence electrons. The number of nitrogens with one attached hydrogen (secondary N) is 1. The molecule has 8 nitrogen and oxygen atoms in total. The summed E-state index contributed by atoms with van der Waals surface area (Å²) >= 11 is 0.966. The number of hydrogen-bond acceptors (Lipinski definition) is 7. The number of nitrogens with zero attached hydrogens (tertiary/aromatic N) is 3. The number of hydrogen-bond donors (Lipinski definition) is 1. The Kier molecular flexibility index (Phi) is 4.66. The molecule has 0 bridgehead atoms. The molecular formula is C19H16N4O4S. The Morgan fingerprint density at radius 2 is 2.04 bits per heavy atom. The fraction of sp³-hybridized carbons (Fsp3) is 0.158. The Morgan fingerprint density at radius 1 is 1.25 bits per heavy atom. The van der Waals surface area contributed by atoms with Gasteiger partial charge in [-0.25, -0.2) is 0 Å². The van der Waals surface area contributed by atoms with Crippen molar-refractivity contribution < 1.29 is 14.5 Å². The monoisotopic (exact) mass is 396 g/mol. The standard InChI is InChI=1S/C19H16N4O4S/c1-12(24)22-19(16-9-10-18(28-16)23(25)26)27-17(21-22)11-20-15-8-4-6-13-5-2-3-7-14(13)15/h2-10,19-20H,11H2,1H3/t19-/m0/s1. The van der Waals surface area contributed by atoms with Gasteiger partial charge in [0.25, 0.3) is 0 Å². The zero-order valence-electron chi connectivity index (χ0n) is 14.9. The number of carbonyl (C=O) groups is 1. The molecule has 3 aromatic rings. The van der Waals surface area contributed by atoms with Crippen LogP contribution in [-0.2, 0) is 9.53 Å². The summed E-state index contributed by atoms with van der Waals surface area (Å²) in [6.07, 6.45) is -0.791. The molecule has 0 aliphatic carbocycles. The number of rotatable bonds is 5. The van der Waals surface area contributed by atoms with Crippen molar-refractivity contribution in [2.45, 2.75) is 13.2 Å². The van der Waals surface area contributed by atoms with Gasteiger partial charge in [0.15, 0.2) is 0 Å². The summed E-state index contributed by atoms with van der Waals surface area (Å²) < 4.78 is 5.83. The van der Waals surface area contributed by atoms with Crippen molar-refractivity contribution in [1.82, 2.24) is 5.01 Å². The Labute approximate surface area is 164 Å². The smallest absolute Gasteiger partial charge is 0.324 e. The van der Waals surface area contributed by atoms with E-state index >= 15 is 0 Å². The van der Waals surface area contributed by atoms with E-state index in [-0.39, 0.29) is 17.5 Å². The largest absolute Gasteiger partial charge is 0.447 e. The topological polar surface area (TPSA) is 97.1 Å². The number of amides is 1. The minimum Gasteiger partial charge on any atom is -0.447 e. The van der Waals surface area contributed by atoms with Crippen molar-refractivity contribution in [3.8, 4) is 0 Å². The van der Waals surface area contributed by atoms with Gasteiger partial charge in [0.2, 0.25) is 18.0 Å². The number of fused-ring (bicyclic) bond motifs is 1. The lowest BCUT2D eigenvalue weighted by Crippen LogP contribution is -2.24. The van der Waals surface area contributed by atoms with Crippen molar-refractivity contribution in [2.75, 3.05) is 11.9 Å². The molecule has 0 saturated carbocycles. The summed E-state index contributed by atoms with van der Waals surface area (Å²) in [5.41, 5.74) is 0.925. The highest BCUT2D eigenvalue weighted by molar-refractivity contribution is 7.15. The van der Waals surface area contributed by atoms with Crippen LogP contribution in [0.3, 0.4) is 0 Å². The van der Waals surface area contributed by atoms with Crippen LogP contribution in [0.15, 0.2) is 59.7 Å². The highest BCUT2D eigenvalue weighted by atomic mass is 32.1. The quantitative estimate of drug-likeness (QED) is 0.517. The highest BCUT2D eigenvalue weighted by Crippen LogP contribution is 2.36. The first-order chi connectivity index (χ1) is 13.5. The predicted molar refractivity (Wildman–Crippen MR) is 107 cm³/mol. The summed E-state index contributed by atoms with van der Waals surface area (Å²) in [5.74, 6) is 0.0328. The summed E-state index contributed by atoms with van der Waals surface area (Å²) in [7, 11) is 0. The van der Waals surface area contributed by atoms with Crippen molar-refractivity contribution in [2.24, 2.45) is 5.10 Å². The number of thiophene rings is 1. The maximum atomic E-state index is 12.0. The van der Waals surface area contributed by atoms with Crippen molar-refractivity contribution >= 4 is 44.6 Å². The van der Waals surface area contributed by atoms with E-state index in [9.17, 15) is 14.9 Å². The second kappa shape index (κ2) is 7.28. The van der Waals surface area contributed by atoms with E-state index in [1.165, 1.54) is 18.0 Å². The third kappa shape index (κ3) is 3.39. The van der Waals surface area contributed by atoms with Crippen molar-refractivity contribution in [3.63, 3.8) is 0 Å². The molecule has 1 aromatic heterocycles. The van der Waals surface area contributed by atoms with E-state index in [4.69, 9.17) is 4.74 Å². The van der Waals surface area contributed by atoms with E-state index in [1.807, 2.05) is 42.5 Å². The summed E-state index contributed by atoms with van der Waals surface area (Å²) in [6, 6.07) is 16.9. The van der Waals surface area contributed by atoms with Gasteiger partial charge in [0.05, 0.1) is 16.3 Å². The molecule has 1 aliphatic rings. The predicted octanol–water partition coefficient (Wildman–Crippen LogP) is 4.11.